The Morgan fingerprint density at radius 3 is 2.70 bits per heavy atom. The number of rotatable bonds is 6. The van der Waals surface area contributed by atoms with Gasteiger partial charge in [-0.25, -0.2) is 4.79 Å². The van der Waals surface area contributed by atoms with Crippen LogP contribution in [-0.4, -0.2) is 60.1 Å². The van der Waals surface area contributed by atoms with Crippen LogP contribution < -0.4 is 5.32 Å². The van der Waals surface area contributed by atoms with Crippen LogP contribution in [-0.2, 0) is 6.42 Å². The first-order chi connectivity index (χ1) is 11.1. The second-order valence-corrected chi connectivity index (χ2v) is 6.55. The van der Waals surface area contributed by atoms with Gasteiger partial charge in [-0.1, -0.05) is 18.9 Å². The average molecular weight is 318 g/mol. The Morgan fingerprint density at radius 2 is 2.04 bits per heavy atom. The van der Waals surface area contributed by atoms with Gasteiger partial charge in [0.25, 0.3) is 0 Å². The molecule has 5 nitrogen and oxygen atoms in total. The monoisotopic (exact) mass is 318 g/mol. The third-order valence-corrected chi connectivity index (χ3v) is 4.41. The minimum Gasteiger partial charge on any atom is -0.335 e. The first-order valence-corrected chi connectivity index (χ1v) is 8.79. The largest absolute Gasteiger partial charge is 0.335 e. The number of urea groups is 1. The lowest BCUT2D eigenvalue weighted by atomic mass is 10.1. The third-order valence-electron chi connectivity index (χ3n) is 4.41. The Labute approximate surface area is 140 Å². The van der Waals surface area contributed by atoms with Crippen LogP contribution in [0.25, 0.3) is 0 Å². The Hall–Kier alpha value is -1.62. The van der Waals surface area contributed by atoms with E-state index < -0.39 is 0 Å². The van der Waals surface area contributed by atoms with Crippen LogP contribution in [0.15, 0.2) is 24.4 Å². The summed E-state index contributed by atoms with van der Waals surface area (Å²) >= 11 is 0. The highest BCUT2D eigenvalue weighted by Crippen LogP contribution is 2.09. The Morgan fingerprint density at radius 1 is 1.30 bits per heavy atom. The number of nitrogens with one attached hydrogen (secondary N) is 1. The molecule has 0 saturated carbocycles. The van der Waals surface area contributed by atoms with E-state index in [1.807, 2.05) is 32.2 Å². The third kappa shape index (κ3) is 6.57. The Balaban J connectivity index is 1.69. The molecule has 0 bridgehead atoms. The van der Waals surface area contributed by atoms with E-state index in [-0.39, 0.29) is 12.1 Å². The molecule has 1 aliphatic heterocycles. The number of carbonyl (C=O) groups excluding carboxylic acids is 1. The molecular formula is C18H30N4O. The van der Waals surface area contributed by atoms with Crippen molar-refractivity contribution in [2.45, 2.75) is 45.1 Å². The number of amides is 2. The van der Waals surface area contributed by atoms with Gasteiger partial charge in [0.15, 0.2) is 0 Å². The number of nitrogens with zero attached hydrogens (tertiary/aromatic N) is 3. The summed E-state index contributed by atoms with van der Waals surface area (Å²) in [6, 6.07) is 5.96. The summed E-state index contributed by atoms with van der Waals surface area (Å²) < 4.78 is 0. The van der Waals surface area contributed by atoms with Crippen molar-refractivity contribution in [1.29, 1.82) is 0 Å². The average Bonchev–Trinajstić information content (AvgIpc) is 2.82. The van der Waals surface area contributed by atoms with E-state index in [1.54, 1.807) is 11.1 Å². The highest BCUT2D eigenvalue weighted by molar-refractivity contribution is 5.74. The molecule has 1 fully saturated rings. The fourth-order valence-corrected chi connectivity index (χ4v) is 2.96. The molecule has 1 atom stereocenters. The molecule has 1 aliphatic rings. The first-order valence-electron chi connectivity index (χ1n) is 8.79. The molecule has 2 rings (SSSR count). The van der Waals surface area contributed by atoms with E-state index in [2.05, 4.69) is 15.2 Å². The summed E-state index contributed by atoms with van der Waals surface area (Å²) in [5.74, 6) is 0. The van der Waals surface area contributed by atoms with Crippen LogP contribution in [0, 0.1) is 0 Å². The van der Waals surface area contributed by atoms with E-state index in [1.165, 1.54) is 38.8 Å². The SMILES string of the molecule is CC(Cc1ccccn1)NC(=O)N(C)CCN1CCCCCC1. The summed E-state index contributed by atoms with van der Waals surface area (Å²) in [5.41, 5.74) is 1.01. The van der Waals surface area contributed by atoms with Crippen LogP contribution in [0.4, 0.5) is 4.79 Å². The Bertz CT molecular complexity index is 457. The van der Waals surface area contributed by atoms with Crippen molar-refractivity contribution >= 4 is 6.03 Å². The van der Waals surface area contributed by atoms with Crippen molar-refractivity contribution in [2.24, 2.45) is 0 Å². The van der Waals surface area contributed by atoms with Gasteiger partial charge < -0.3 is 15.1 Å². The van der Waals surface area contributed by atoms with E-state index in [0.29, 0.717) is 0 Å². The van der Waals surface area contributed by atoms with Gasteiger partial charge in [0.05, 0.1) is 0 Å². The maximum atomic E-state index is 12.3. The molecule has 0 radical (unpaired) electrons. The van der Waals surface area contributed by atoms with E-state index in [9.17, 15) is 4.79 Å². The van der Waals surface area contributed by atoms with Crippen molar-refractivity contribution in [2.75, 3.05) is 33.2 Å². The van der Waals surface area contributed by atoms with E-state index in [4.69, 9.17) is 0 Å². The summed E-state index contributed by atoms with van der Waals surface area (Å²) in [4.78, 5) is 20.8. The predicted molar refractivity (Wildman–Crippen MR) is 93.5 cm³/mol. The second kappa shape index (κ2) is 9.50. The lowest BCUT2D eigenvalue weighted by Crippen LogP contribution is -2.45. The smallest absolute Gasteiger partial charge is 0.317 e. The molecule has 0 aromatic carbocycles. The summed E-state index contributed by atoms with van der Waals surface area (Å²) in [5, 5.41) is 3.06. The number of carbonyl (C=O) groups is 1. The minimum absolute atomic E-state index is 0.00301. The number of likely N-dealkylation sites (N-methyl/N-ethyl adjacent to an activating group) is 1. The van der Waals surface area contributed by atoms with Crippen LogP contribution in [0.3, 0.4) is 0 Å². The van der Waals surface area contributed by atoms with Crippen molar-refractivity contribution in [3.8, 4) is 0 Å². The van der Waals surface area contributed by atoms with Crippen LogP contribution in [0.2, 0.25) is 0 Å². The zero-order chi connectivity index (χ0) is 16.5. The first kappa shape index (κ1) is 17.7. The molecule has 2 amide bonds. The fraction of sp³-hybridized carbons (Fsp3) is 0.667. The van der Waals surface area contributed by atoms with Gasteiger partial charge >= 0.3 is 6.03 Å². The maximum absolute atomic E-state index is 12.3. The molecule has 2 heterocycles. The van der Waals surface area contributed by atoms with Crippen molar-refractivity contribution in [1.82, 2.24) is 20.1 Å². The predicted octanol–water partition coefficient (Wildman–Crippen LogP) is 2.53. The summed E-state index contributed by atoms with van der Waals surface area (Å²) in [6.45, 7) is 6.12. The van der Waals surface area contributed by atoms with Crippen molar-refractivity contribution < 1.29 is 4.79 Å². The molecule has 0 spiro atoms. The quantitative estimate of drug-likeness (QED) is 0.877. The second-order valence-electron chi connectivity index (χ2n) is 6.55. The van der Waals surface area contributed by atoms with Crippen LogP contribution >= 0.6 is 0 Å². The molecule has 23 heavy (non-hydrogen) atoms. The summed E-state index contributed by atoms with van der Waals surface area (Å²) in [6.07, 6.45) is 7.81. The maximum Gasteiger partial charge on any atom is 0.317 e. The minimum atomic E-state index is 0.00301. The van der Waals surface area contributed by atoms with Crippen LogP contribution in [0.1, 0.15) is 38.3 Å². The van der Waals surface area contributed by atoms with Gasteiger partial charge in [-0.3, -0.25) is 4.98 Å². The zero-order valence-electron chi connectivity index (χ0n) is 14.5. The van der Waals surface area contributed by atoms with Gasteiger partial charge in [0, 0.05) is 44.5 Å². The lowest BCUT2D eigenvalue weighted by molar-refractivity contribution is 0.192. The molecule has 1 N–H and O–H groups in total. The van der Waals surface area contributed by atoms with Crippen molar-refractivity contribution in [3.63, 3.8) is 0 Å². The van der Waals surface area contributed by atoms with Crippen LogP contribution in [0.5, 0.6) is 0 Å². The van der Waals surface area contributed by atoms with Gasteiger partial charge in [-0.15, -0.1) is 0 Å². The standard InChI is InChI=1S/C18H30N4O/c1-16(15-17-9-5-6-10-19-17)20-18(23)21(2)13-14-22-11-7-3-4-8-12-22/h5-6,9-10,16H,3-4,7-8,11-15H2,1-2H3,(H,20,23). The highest BCUT2D eigenvalue weighted by atomic mass is 16.2. The van der Waals surface area contributed by atoms with E-state index in [0.717, 1.165) is 25.2 Å². The van der Waals surface area contributed by atoms with Gasteiger partial charge in [-0.2, -0.15) is 0 Å². The summed E-state index contributed by atoms with van der Waals surface area (Å²) in [7, 11) is 1.88. The molecule has 0 aliphatic carbocycles. The Kier molecular flexibility index (Phi) is 7.33. The number of likely N-dealkylation sites (tertiary alicyclic amines) is 1. The molecular weight excluding hydrogens is 288 g/mol. The zero-order valence-corrected chi connectivity index (χ0v) is 14.5. The van der Waals surface area contributed by atoms with Gasteiger partial charge in [0.1, 0.15) is 0 Å². The van der Waals surface area contributed by atoms with Crippen molar-refractivity contribution in [3.05, 3.63) is 30.1 Å². The number of aromatic nitrogens is 1. The highest BCUT2D eigenvalue weighted by Gasteiger charge is 2.15. The topological polar surface area (TPSA) is 48.5 Å². The molecule has 1 aromatic rings. The number of pyridine rings is 1. The molecule has 1 saturated heterocycles. The lowest BCUT2D eigenvalue weighted by Gasteiger charge is -2.25. The van der Waals surface area contributed by atoms with Gasteiger partial charge in [0.2, 0.25) is 0 Å². The molecule has 1 unspecified atom stereocenters. The number of hydrogen-bond acceptors (Lipinski definition) is 3. The molecule has 1 aromatic heterocycles. The number of hydrogen-bond donors (Lipinski definition) is 1. The fourth-order valence-electron chi connectivity index (χ4n) is 2.96. The van der Waals surface area contributed by atoms with Gasteiger partial charge in [-0.05, 0) is 45.0 Å². The normalized spacial score (nSPS) is 17.3. The molecule has 5 heteroatoms. The molecule has 128 valence electrons. The van der Waals surface area contributed by atoms with E-state index >= 15 is 0 Å².